The van der Waals surface area contributed by atoms with E-state index in [0.29, 0.717) is 5.95 Å². The summed E-state index contributed by atoms with van der Waals surface area (Å²) in [6.45, 7) is 0. The third kappa shape index (κ3) is 9.78. The van der Waals surface area contributed by atoms with Crippen LogP contribution in [0.25, 0.3) is 243 Å². The molecule has 6 heterocycles. The Hall–Kier alpha value is -14.0. The molecule has 0 bridgehead atoms. The molecule has 6 aromatic heterocycles. The minimum atomic E-state index is 0.267. The molecule has 9 heteroatoms. The van der Waals surface area contributed by atoms with E-state index in [1.54, 1.807) is 0 Å². The maximum atomic E-state index is 6.11. The largest absolute Gasteiger partial charge is 0.354 e. The Morgan fingerprint density at radius 2 is 0.611 bits per heavy atom. The van der Waals surface area contributed by atoms with Crippen LogP contribution in [0.5, 0.6) is 0 Å². The van der Waals surface area contributed by atoms with Gasteiger partial charge in [-0.25, -0.2) is 19.9 Å². The molecule has 0 atom stereocenters. The molecule has 0 fully saturated rings. The summed E-state index contributed by atoms with van der Waals surface area (Å²) in [5, 5.41) is 34.0. The summed E-state index contributed by atoms with van der Waals surface area (Å²) >= 11 is 9.90. The molecule has 0 aliphatic rings. The van der Waals surface area contributed by atoms with Crippen LogP contribution < -0.4 is 0 Å². The van der Waals surface area contributed by atoms with E-state index in [9.17, 15) is 0 Å². The Balaban J connectivity index is 0.000000110. The van der Waals surface area contributed by atoms with Crippen LogP contribution in [0.3, 0.4) is 0 Å². The average molecular weight is 1490 g/mol. The lowest BCUT2D eigenvalue weighted by Gasteiger charge is -2.17. The van der Waals surface area contributed by atoms with Gasteiger partial charge in [-0.05, 0) is 193 Å². The van der Waals surface area contributed by atoms with E-state index in [0.717, 1.165) is 66.5 Å². The Morgan fingerprint density at radius 1 is 0.221 bits per heavy atom. The van der Waals surface area contributed by atoms with E-state index in [2.05, 4.69) is 323 Å². The number of H-pyrrole nitrogens is 1. The highest BCUT2D eigenvalue weighted by Crippen LogP contribution is 2.52. The van der Waals surface area contributed by atoms with Crippen molar-refractivity contribution in [3.63, 3.8) is 0 Å². The first kappa shape index (κ1) is 63.9. The maximum Gasteiger partial charge on any atom is 0.235 e. The lowest BCUT2D eigenvalue weighted by molar-refractivity contribution is 1.01. The monoisotopic (exact) mass is 1490 g/mol. The third-order valence-electron chi connectivity index (χ3n) is 23.4. The van der Waals surface area contributed by atoms with Crippen LogP contribution in [-0.2, 0) is 0 Å². The van der Waals surface area contributed by atoms with Gasteiger partial charge in [-0.2, -0.15) is 0 Å². The molecule has 113 heavy (non-hydrogen) atoms. The van der Waals surface area contributed by atoms with Gasteiger partial charge < -0.3 is 4.98 Å². The van der Waals surface area contributed by atoms with Gasteiger partial charge in [0.15, 0.2) is 0 Å². The second-order valence-electron chi connectivity index (χ2n) is 29.5. The zero-order valence-electron chi connectivity index (χ0n) is 60.4. The maximum absolute atomic E-state index is 6.11. The zero-order chi connectivity index (χ0) is 74.1. The Labute approximate surface area is 658 Å². The SMILES string of the molecule is Clc1nc(-c2cccc(-c3ccccc3)c2)c2ccccc2n1.c1ccc(-c2cccc(-c3nc(-n4c5ccccc5c5c6cccc7c8cccc9c%10c(cc(c(cc54)c76)c89)sc4ccccc4%10)nc4ccccc34)c2)cc1.c1ccc2c(c1)[nH]c1cc3c4cc5sc6ccccc6c5c5cccc(c6cccc(c12)c63)c45. The summed E-state index contributed by atoms with van der Waals surface area (Å²) < 4.78 is 7.67. The number of fused-ring (bicyclic) bond motifs is 22. The smallest absolute Gasteiger partial charge is 0.235 e. The lowest BCUT2D eigenvalue weighted by Crippen LogP contribution is -2.03. The molecule has 0 saturated heterocycles. The van der Waals surface area contributed by atoms with E-state index < -0.39 is 0 Å². The Morgan fingerprint density at radius 3 is 1.17 bits per heavy atom. The van der Waals surface area contributed by atoms with Gasteiger partial charge in [0.25, 0.3) is 0 Å². The lowest BCUT2D eigenvalue weighted by atomic mass is 9.87. The number of halogens is 1. The summed E-state index contributed by atoms with van der Waals surface area (Å²) in [7, 11) is 0. The summed E-state index contributed by atoms with van der Waals surface area (Å²) in [6.07, 6.45) is 0. The number of para-hydroxylation sites is 4. The molecule has 6 nitrogen and oxygen atoms in total. The molecule has 26 aromatic rings. The van der Waals surface area contributed by atoms with Gasteiger partial charge in [-0.3, -0.25) is 4.57 Å². The van der Waals surface area contributed by atoms with Crippen LogP contribution in [0.4, 0.5) is 0 Å². The number of aromatic amines is 1. The first-order valence-electron chi connectivity index (χ1n) is 38.2. The summed E-state index contributed by atoms with van der Waals surface area (Å²) in [6, 6.07) is 127. The van der Waals surface area contributed by atoms with Crippen LogP contribution in [0.2, 0.25) is 5.28 Å². The molecule has 0 spiro atoms. The van der Waals surface area contributed by atoms with Crippen molar-refractivity contribution in [3.05, 3.63) is 357 Å². The Kier molecular flexibility index (Phi) is 14.1. The first-order chi connectivity index (χ1) is 56.0. The molecule has 0 aliphatic heterocycles. The molecule has 0 amide bonds. The molecule has 524 valence electrons. The predicted molar refractivity (Wildman–Crippen MR) is 484 cm³/mol. The standard InChI is InChI=1S/C52H29N3S.C32H17NS.C20H13ClN2/c1-2-13-30(14-3-1)31-15-10-16-32(27-31)51-35-17-4-7-24-42(35)53-52(54-51)55-43-25-8-5-18-36(43)49-38-22-11-20-33-34-21-12-23-39-48(34)41(40(47(33)38)28-44(49)55)29-46-50(39)37-19-6-9-26-45(37)56-46;1-3-13-25-19(7-1)31-21-11-5-9-17-18-10-6-12-22-30(18)24(23(29(17)21)15-26(31)33-25)16-28-32(22)20-8-2-4-14-27(20)34-28;21-20-22-18-12-5-4-11-17(18)19(23-20)16-10-6-9-15(13-16)14-7-2-1-3-8-14/h1-29H;1-16,33H;1-13H. The van der Waals surface area contributed by atoms with Gasteiger partial charge in [0.1, 0.15) is 0 Å². The highest BCUT2D eigenvalue weighted by molar-refractivity contribution is 7.26. The van der Waals surface area contributed by atoms with Crippen LogP contribution >= 0.6 is 34.3 Å². The molecule has 1 N–H and O–H groups in total. The van der Waals surface area contributed by atoms with Crippen molar-refractivity contribution in [2.75, 3.05) is 0 Å². The fourth-order valence-electron chi connectivity index (χ4n) is 18.7. The molecule has 0 unspecified atom stereocenters. The molecule has 26 rings (SSSR count). The number of thiophene rings is 2. The van der Waals surface area contributed by atoms with E-state index >= 15 is 0 Å². The van der Waals surface area contributed by atoms with Crippen molar-refractivity contribution in [1.82, 2.24) is 29.5 Å². The molecular formula is C104H59ClN6S2. The summed E-state index contributed by atoms with van der Waals surface area (Å²) in [4.78, 5) is 23.3. The van der Waals surface area contributed by atoms with Crippen molar-refractivity contribution < 1.29 is 0 Å². The second-order valence-corrected chi connectivity index (χ2v) is 32.0. The number of hydrogen-bond acceptors (Lipinski definition) is 6. The number of hydrogen-bond donors (Lipinski definition) is 1. The van der Waals surface area contributed by atoms with Gasteiger partial charge in [0.05, 0.1) is 33.5 Å². The van der Waals surface area contributed by atoms with Gasteiger partial charge in [0, 0.05) is 94.8 Å². The minimum absolute atomic E-state index is 0.267. The number of nitrogens with one attached hydrogen (secondary N) is 1. The quantitative estimate of drug-likeness (QED) is 0.106. The van der Waals surface area contributed by atoms with Crippen molar-refractivity contribution in [2.45, 2.75) is 0 Å². The molecule has 0 radical (unpaired) electrons. The number of rotatable bonds is 5. The fraction of sp³-hybridized carbons (Fsp3) is 0. The van der Waals surface area contributed by atoms with Crippen molar-refractivity contribution in [2.24, 2.45) is 0 Å². The van der Waals surface area contributed by atoms with Gasteiger partial charge >= 0.3 is 0 Å². The average Bonchev–Trinajstić information content (AvgIpc) is 1.65. The van der Waals surface area contributed by atoms with Crippen LogP contribution in [0.1, 0.15) is 0 Å². The topological polar surface area (TPSA) is 72.3 Å². The molecule has 0 saturated carbocycles. The van der Waals surface area contributed by atoms with Gasteiger partial charge in [-0.15, -0.1) is 22.7 Å². The van der Waals surface area contributed by atoms with E-state index in [1.807, 2.05) is 71.2 Å². The first-order valence-corrected chi connectivity index (χ1v) is 40.2. The number of benzene rings is 20. The highest BCUT2D eigenvalue weighted by atomic mass is 35.5. The normalized spacial score (nSPS) is 12.1. The van der Waals surface area contributed by atoms with Gasteiger partial charge in [0.2, 0.25) is 11.2 Å². The predicted octanol–water partition coefficient (Wildman–Crippen LogP) is 29.8. The summed E-state index contributed by atoms with van der Waals surface area (Å²) in [5.74, 6) is 0.666. The highest BCUT2D eigenvalue weighted by Gasteiger charge is 2.26. The van der Waals surface area contributed by atoms with Crippen LogP contribution in [0, 0.1) is 0 Å². The Bertz CT molecular complexity index is 8310. The second kappa shape index (κ2) is 25.0. The van der Waals surface area contributed by atoms with E-state index in [1.165, 1.54) is 170 Å². The number of nitrogens with zero attached hydrogens (tertiary/aromatic N) is 5. The van der Waals surface area contributed by atoms with Crippen molar-refractivity contribution in [1.29, 1.82) is 0 Å². The third-order valence-corrected chi connectivity index (χ3v) is 25.8. The van der Waals surface area contributed by atoms with Gasteiger partial charge in [-0.1, -0.05) is 279 Å². The van der Waals surface area contributed by atoms with Crippen LogP contribution in [-0.4, -0.2) is 29.5 Å². The van der Waals surface area contributed by atoms with E-state index in [-0.39, 0.29) is 5.28 Å². The van der Waals surface area contributed by atoms with E-state index in [4.69, 9.17) is 21.6 Å². The molecule has 20 aromatic carbocycles. The summed E-state index contributed by atoms with van der Waals surface area (Å²) in [5.41, 5.74) is 14.9. The number of aromatic nitrogens is 6. The fourth-order valence-corrected chi connectivity index (χ4v) is 21.2. The van der Waals surface area contributed by atoms with Crippen molar-refractivity contribution in [3.8, 4) is 50.7 Å². The molecular weight excluding hydrogens is 1430 g/mol. The minimum Gasteiger partial charge on any atom is -0.354 e. The molecule has 0 aliphatic carbocycles. The zero-order valence-corrected chi connectivity index (χ0v) is 62.8. The van der Waals surface area contributed by atoms with Crippen LogP contribution in [0.15, 0.2) is 352 Å². The van der Waals surface area contributed by atoms with Crippen molar-refractivity contribution >= 4 is 226 Å².